The topological polar surface area (TPSA) is 113 Å². The molecule has 4 rings (SSSR count). The van der Waals surface area contributed by atoms with Gasteiger partial charge in [0.05, 0.1) is 28.8 Å². The maximum atomic E-state index is 12.6. The zero-order chi connectivity index (χ0) is 27.9. The molecule has 0 aliphatic carbocycles. The molecule has 0 amide bonds. The number of nitrogens with two attached hydrogens (primary N) is 2. The van der Waals surface area contributed by atoms with Gasteiger partial charge in [0.2, 0.25) is 0 Å². The van der Waals surface area contributed by atoms with E-state index in [-0.39, 0.29) is 17.0 Å². The van der Waals surface area contributed by atoms with Crippen LogP contribution >= 0.6 is 0 Å². The highest BCUT2D eigenvalue weighted by molar-refractivity contribution is 6.62. The normalized spacial score (nSPS) is 20.6. The Bertz CT molecular complexity index is 1120. The van der Waals surface area contributed by atoms with Crippen molar-refractivity contribution >= 4 is 29.8 Å². The highest BCUT2D eigenvalue weighted by Crippen LogP contribution is 2.36. The van der Waals surface area contributed by atoms with E-state index < -0.39 is 25.1 Å². The van der Waals surface area contributed by atoms with Gasteiger partial charge in [-0.25, -0.2) is 10.8 Å². The van der Waals surface area contributed by atoms with Crippen LogP contribution in [0.5, 0.6) is 0 Å². The third-order valence-electron chi connectivity index (χ3n) is 7.34. The molecule has 1 aromatic heterocycles. The Balaban J connectivity index is 1.32. The number of pyridine rings is 1. The standard InChI is InChI=1S/C25H34BF3N6O3/c1-23(2)24(3,4)38-26(37-23)17-5-7-18(8-6-17)33-11-13-34(14-12-33)19-9-10-21(32-15-19)35(31)16-20(30)22(36)25(27,28)29/h5-10,15-16,22,36H,11-14,30-31H2,1-4H3/b20-16-. The Morgan fingerprint density at radius 1 is 1.00 bits per heavy atom. The quantitative estimate of drug-likeness (QED) is 0.292. The fourth-order valence-electron chi connectivity index (χ4n) is 4.25. The first-order valence-electron chi connectivity index (χ1n) is 12.4. The molecule has 1 atom stereocenters. The first-order valence-corrected chi connectivity index (χ1v) is 12.4. The fourth-order valence-corrected chi connectivity index (χ4v) is 4.25. The van der Waals surface area contributed by atoms with E-state index in [0.717, 1.165) is 54.2 Å². The number of anilines is 3. The van der Waals surface area contributed by atoms with Gasteiger partial charge in [-0.05, 0) is 57.4 Å². The number of rotatable bonds is 6. The summed E-state index contributed by atoms with van der Waals surface area (Å²) in [5.41, 5.74) is 6.69. The van der Waals surface area contributed by atoms with E-state index in [9.17, 15) is 18.3 Å². The minimum atomic E-state index is -4.88. The van der Waals surface area contributed by atoms with Crippen LogP contribution in [-0.4, -0.2) is 66.9 Å². The molecule has 206 valence electrons. The van der Waals surface area contributed by atoms with Crippen molar-refractivity contribution in [1.29, 1.82) is 0 Å². The van der Waals surface area contributed by atoms with Crippen molar-refractivity contribution in [3.63, 3.8) is 0 Å². The van der Waals surface area contributed by atoms with Crippen LogP contribution in [0.4, 0.5) is 30.4 Å². The summed E-state index contributed by atoms with van der Waals surface area (Å²) in [5, 5.41) is 10.1. The third kappa shape index (κ3) is 5.85. The van der Waals surface area contributed by atoms with E-state index in [1.807, 2.05) is 39.8 Å². The zero-order valence-corrected chi connectivity index (χ0v) is 21.9. The maximum absolute atomic E-state index is 12.6. The van der Waals surface area contributed by atoms with Gasteiger partial charge in [0, 0.05) is 38.1 Å². The number of halogens is 3. The lowest BCUT2D eigenvalue weighted by Gasteiger charge is -2.37. The molecular formula is C25H34BF3N6O3. The molecule has 13 heteroatoms. The summed E-state index contributed by atoms with van der Waals surface area (Å²) >= 11 is 0. The SMILES string of the molecule is CC1(C)OB(c2ccc(N3CCN(c4ccc(N(N)/C=C(\N)C(O)C(F)(F)F)nc4)CC3)cc2)OC1(C)C. The van der Waals surface area contributed by atoms with E-state index in [0.29, 0.717) is 0 Å². The molecule has 38 heavy (non-hydrogen) atoms. The molecule has 0 radical (unpaired) electrons. The Kier molecular flexibility index (Phi) is 7.59. The molecule has 2 aliphatic heterocycles. The highest BCUT2D eigenvalue weighted by atomic mass is 19.4. The molecule has 2 aliphatic rings. The number of hydrogen-bond donors (Lipinski definition) is 3. The van der Waals surface area contributed by atoms with Crippen LogP contribution in [0.1, 0.15) is 27.7 Å². The van der Waals surface area contributed by atoms with Crippen LogP contribution in [0.15, 0.2) is 54.5 Å². The molecule has 1 unspecified atom stereocenters. The van der Waals surface area contributed by atoms with Crippen molar-refractivity contribution in [2.24, 2.45) is 11.6 Å². The largest absolute Gasteiger partial charge is 0.494 e. The highest BCUT2D eigenvalue weighted by Gasteiger charge is 2.51. The molecule has 0 spiro atoms. The van der Waals surface area contributed by atoms with Crippen LogP contribution in [-0.2, 0) is 9.31 Å². The zero-order valence-electron chi connectivity index (χ0n) is 21.9. The summed E-state index contributed by atoms with van der Waals surface area (Å²) in [7, 11) is -0.396. The van der Waals surface area contributed by atoms with Gasteiger partial charge in [0.25, 0.3) is 0 Å². The van der Waals surface area contributed by atoms with Crippen molar-refractivity contribution in [2.75, 3.05) is 41.0 Å². The third-order valence-corrected chi connectivity index (χ3v) is 7.34. The van der Waals surface area contributed by atoms with Gasteiger partial charge in [0.15, 0.2) is 6.10 Å². The van der Waals surface area contributed by atoms with E-state index in [2.05, 4.69) is 26.9 Å². The monoisotopic (exact) mass is 534 g/mol. The Morgan fingerprint density at radius 3 is 1.97 bits per heavy atom. The predicted octanol–water partition coefficient (Wildman–Crippen LogP) is 2.11. The number of benzene rings is 1. The molecule has 5 N–H and O–H groups in total. The smallest absolute Gasteiger partial charge is 0.399 e. The first-order chi connectivity index (χ1) is 17.7. The van der Waals surface area contributed by atoms with E-state index in [1.54, 1.807) is 18.3 Å². The molecule has 2 fully saturated rings. The van der Waals surface area contributed by atoms with Gasteiger partial charge in [-0.3, -0.25) is 5.01 Å². The van der Waals surface area contributed by atoms with Gasteiger partial charge in [-0.1, -0.05) is 12.1 Å². The Labute approximate surface area is 220 Å². The minimum absolute atomic E-state index is 0.187. The van der Waals surface area contributed by atoms with Gasteiger partial charge in [0.1, 0.15) is 5.82 Å². The summed E-state index contributed by atoms with van der Waals surface area (Å²) in [6, 6.07) is 11.6. The van der Waals surface area contributed by atoms with Crippen LogP contribution in [0.25, 0.3) is 0 Å². The lowest BCUT2D eigenvalue weighted by molar-refractivity contribution is -0.191. The second kappa shape index (κ2) is 10.3. The fraction of sp³-hybridized carbons (Fsp3) is 0.480. The minimum Gasteiger partial charge on any atom is -0.399 e. The average Bonchev–Trinajstić information content (AvgIpc) is 3.09. The summed E-state index contributed by atoms with van der Waals surface area (Å²) in [6.45, 7) is 11.3. The van der Waals surface area contributed by atoms with E-state index >= 15 is 0 Å². The van der Waals surface area contributed by atoms with Crippen LogP contribution in [0.3, 0.4) is 0 Å². The van der Waals surface area contributed by atoms with Crippen molar-refractivity contribution in [3.05, 3.63) is 54.5 Å². The van der Waals surface area contributed by atoms with Gasteiger partial charge >= 0.3 is 13.3 Å². The van der Waals surface area contributed by atoms with Crippen molar-refractivity contribution < 1.29 is 27.6 Å². The lowest BCUT2D eigenvalue weighted by Crippen LogP contribution is -2.46. The van der Waals surface area contributed by atoms with Gasteiger partial charge in [-0.15, -0.1) is 0 Å². The molecule has 9 nitrogen and oxygen atoms in total. The molecule has 1 aromatic carbocycles. The molecule has 3 heterocycles. The summed E-state index contributed by atoms with van der Waals surface area (Å²) < 4.78 is 50.1. The van der Waals surface area contributed by atoms with Crippen molar-refractivity contribution in [2.45, 2.75) is 51.2 Å². The number of alkyl halides is 3. The molecule has 2 aromatic rings. The first kappa shape index (κ1) is 28.0. The number of aliphatic hydroxyl groups excluding tert-OH is 1. The molecule has 2 saturated heterocycles. The average molecular weight is 534 g/mol. The summed E-state index contributed by atoms with van der Waals surface area (Å²) in [6.07, 6.45) is -5.27. The Morgan fingerprint density at radius 2 is 1.50 bits per heavy atom. The molecular weight excluding hydrogens is 500 g/mol. The number of nitrogens with zero attached hydrogens (tertiary/aromatic N) is 4. The van der Waals surface area contributed by atoms with Crippen LogP contribution in [0, 0.1) is 0 Å². The number of piperazine rings is 1. The molecule has 0 bridgehead atoms. The predicted molar refractivity (Wildman–Crippen MR) is 142 cm³/mol. The van der Waals surface area contributed by atoms with Crippen molar-refractivity contribution in [3.8, 4) is 0 Å². The lowest BCUT2D eigenvalue weighted by atomic mass is 9.79. The van der Waals surface area contributed by atoms with Gasteiger partial charge in [-0.2, -0.15) is 13.2 Å². The Hall–Kier alpha value is -3.00. The summed E-state index contributed by atoms with van der Waals surface area (Å²) in [4.78, 5) is 8.70. The van der Waals surface area contributed by atoms with E-state index in [4.69, 9.17) is 20.9 Å². The van der Waals surface area contributed by atoms with Gasteiger partial charge < -0.3 is 29.9 Å². The maximum Gasteiger partial charge on any atom is 0.494 e. The number of aliphatic hydroxyl groups is 1. The van der Waals surface area contributed by atoms with Crippen LogP contribution in [0.2, 0.25) is 0 Å². The number of hydrazine groups is 1. The summed E-state index contributed by atoms with van der Waals surface area (Å²) in [5.74, 6) is 5.95. The van der Waals surface area contributed by atoms with Crippen molar-refractivity contribution in [1.82, 2.24) is 4.98 Å². The van der Waals surface area contributed by atoms with Crippen LogP contribution < -0.4 is 31.8 Å². The van der Waals surface area contributed by atoms with E-state index in [1.165, 1.54) is 0 Å². The number of aromatic nitrogens is 1. The second-order valence-electron chi connectivity index (χ2n) is 10.5. The molecule has 0 saturated carbocycles. The number of hydrogen-bond acceptors (Lipinski definition) is 9. The second-order valence-corrected chi connectivity index (χ2v) is 10.5.